The van der Waals surface area contributed by atoms with Gasteiger partial charge in [0.2, 0.25) is 0 Å². The van der Waals surface area contributed by atoms with Crippen molar-refractivity contribution in [3.63, 3.8) is 0 Å². The second-order valence-corrected chi connectivity index (χ2v) is 4.77. The summed E-state index contributed by atoms with van der Waals surface area (Å²) in [4.78, 5) is 3.74. The molecule has 1 aromatic heterocycles. The lowest BCUT2D eigenvalue weighted by atomic mass is 9.95. The maximum Gasteiger partial charge on any atom is 0.416 e. The number of nitrogens with one attached hydrogen (secondary N) is 1. The largest absolute Gasteiger partial charge is 0.416 e. The summed E-state index contributed by atoms with van der Waals surface area (Å²) >= 11 is 5.79. The highest BCUT2D eigenvalue weighted by Crippen LogP contribution is 2.37. The van der Waals surface area contributed by atoms with Crippen LogP contribution in [0.15, 0.2) is 36.7 Å². The smallest absolute Gasteiger partial charge is 0.398 e. The van der Waals surface area contributed by atoms with Gasteiger partial charge < -0.3 is 5.73 Å². The molecule has 0 saturated carbocycles. The number of hydrazine groups is 1. The van der Waals surface area contributed by atoms with Crippen LogP contribution in [0.5, 0.6) is 0 Å². The van der Waals surface area contributed by atoms with Gasteiger partial charge in [0.05, 0.1) is 11.6 Å². The third kappa shape index (κ3) is 3.26. The first-order valence-electron chi connectivity index (χ1n) is 5.86. The van der Waals surface area contributed by atoms with E-state index in [4.69, 9.17) is 23.2 Å². The molecule has 5 N–H and O–H groups in total. The number of nitrogens with zero attached hydrogens (tertiary/aromatic N) is 1. The number of alkyl halides is 3. The summed E-state index contributed by atoms with van der Waals surface area (Å²) in [6.45, 7) is 0. The summed E-state index contributed by atoms with van der Waals surface area (Å²) in [5.41, 5.74) is 7.85. The van der Waals surface area contributed by atoms with E-state index in [1.54, 1.807) is 0 Å². The van der Waals surface area contributed by atoms with Crippen LogP contribution in [0.1, 0.15) is 22.7 Å². The van der Waals surface area contributed by atoms with Crippen LogP contribution in [0, 0.1) is 0 Å². The van der Waals surface area contributed by atoms with Crippen molar-refractivity contribution >= 4 is 17.3 Å². The highest BCUT2D eigenvalue weighted by atomic mass is 35.5. The molecule has 0 saturated heterocycles. The first-order valence-corrected chi connectivity index (χ1v) is 6.24. The molecule has 0 bridgehead atoms. The summed E-state index contributed by atoms with van der Waals surface area (Å²) in [5, 5.41) is 0.384. The topological polar surface area (TPSA) is 77.0 Å². The van der Waals surface area contributed by atoms with Crippen molar-refractivity contribution < 1.29 is 13.2 Å². The maximum absolute atomic E-state index is 13.1. The molecule has 1 atom stereocenters. The fourth-order valence-corrected chi connectivity index (χ4v) is 2.23. The minimum Gasteiger partial charge on any atom is -0.398 e. The van der Waals surface area contributed by atoms with Gasteiger partial charge in [0.15, 0.2) is 0 Å². The summed E-state index contributed by atoms with van der Waals surface area (Å²) in [6, 6.07) is 4.44. The lowest BCUT2D eigenvalue weighted by Crippen LogP contribution is -2.31. The van der Waals surface area contributed by atoms with E-state index in [1.807, 2.05) is 0 Å². The van der Waals surface area contributed by atoms with E-state index in [-0.39, 0.29) is 11.3 Å². The van der Waals surface area contributed by atoms with Crippen LogP contribution in [-0.4, -0.2) is 4.98 Å². The Kier molecular flexibility index (Phi) is 4.36. The number of anilines is 1. The molecular formula is C13H12ClF3N4. The SMILES string of the molecule is NNC(c1ccc(Cl)cc1N)c1cnccc1C(F)(F)F. The Bertz CT molecular complexity index is 646. The number of benzene rings is 1. The van der Waals surface area contributed by atoms with Crippen LogP contribution < -0.4 is 17.0 Å². The molecule has 1 heterocycles. The fraction of sp³-hybridized carbons (Fsp3) is 0.154. The van der Waals surface area contributed by atoms with Gasteiger partial charge in [-0.1, -0.05) is 17.7 Å². The quantitative estimate of drug-likeness (QED) is 0.462. The zero-order valence-corrected chi connectivity index (χ0v) is 11.4. The molecule has 0 radical (unpaired) electrons. The van der Waals surface area contributed by atoms with Crippen LogP contribution in [0.3, 0.4) is 0 Å². The van der Waals surface area contributed by atoms with Gasteiger partial charge in [0, 0.05) is 28.7 Å². The molecular weight excluding hydrogens is 305 g/mol. The monoisotopic (exact) mass is 316 g/mol. The second-order valence-electron chi connectivity index (χ2n) is 4.33. The number of hydrogen-bond acceptors (Lipinski definition) is 4. The first-order chi connectivity index (χ1) is 9.84. The fourth-order valence-electron chi connectivity index (χ4n) is 2.05. The van der Waals surface area contributed by atoms with Gasteiger partial charge in [-0.25, -0.2) is 5.43 Å². The van der Waals surface area contributed by atoms with Gasteiger partial charge in [-0.3, -0.25) is 10.8 Å². The second kappa shape index (κ2) is 5.88. The third-order valence-electron chi connectivity index (χ3n) is 2.99. The van der Waals surface area contributed by atoms with Crippen LogP contribution in [0.4, 0.5) is 18.9 Å². The number of rotatable bonds is 3. The summed E-state index contributed by atoms with van der Waals surface area (Å²) in [7, 11) is 0. The Morgan fingerprint density at radius 2 is 1.90 bits per heavy atom. The van der Waals surface area contributed by atoms with Crippen molar-refractivity contribution in [3.8, 4) is 0 Å². The molecule has 2 rings (SSSR count). The van der Waals surface area contributed by atoms with E-state index < -0.39 is 17.8 Å². The lowest BCUT2D eigenvalue weighted by Gasteiger charge is -2.22. The van der Waals surface area contributed by atoms with E-state index in [2.05, 4.69) is 10.4 Å². The third-order valence-corrected chi connectivity index (χ3v) is 3.23. The van der Waals surface area contributed by atoms with E-state index in [9.17, 15) is 13.2 Å². The zero-order chi connectivity index (χ0) is 15.6. The number of nitrogen functional groups attached to an aromatic ring is 1. The number of pyridine rings is 1. The summed E-state index contributed by atoms with van der Waals surface area (Å²) in [5.74, 6) is 5.42. The molecule has 0 aliphatic heterocycles. The lowest BCUT2D eigenvalue weighted by molar-refractivity contribution is -0.138. The van der Waals surface area contributed by atoms with Gasteiger partial charge in [-0.15, -0.1) is 0 Å². The molecule has 0 amide bonds. The first kappa shape index (κ1) is 15.6. The average molecular weight is 317 g/mol. The van der Waals surface area contributed by atoms with Gasteiger partial charge in [0.25, 0.3) is 0 Å². The Hall–Kier alpha value is -1.83. The van der Waals surface area contributed by atoms with Crippen molar-refractivity contribution in [2.45, 2.75) is 12.2 Å². The van der Waals surface area contributed by atoms with E-state index in [0.717, 1.165) is 18.5 Å². The number of nitrogens with two attached hydrogens (primary N) is 2. The molecule has 0 fully saturated rings. The molecule has 0 aliphatic carbocycles. The normalized spacial score (nSPS) is 13.2. The van der Waals surface area contributed by atoms with E-state index in [1.165, 1.54) is 18.2 Å². The Labute approximate surface area is 123 Å². The molecule has 1 unspecified atom stereocenters. The molecule has 112 valence electrons. The van der Waals surface area contributed by atoms with Crippen LogP contribution in [-0.2, 0) is 6.18 Å². The highest BCUT2D eigenvalue weighted by Gasteiger charge is 2.35. The number of aromatic nitrogens is 1. The Balaban J connectivity index is 2.57. The Morgan fingerprint density at radius 3 is 2.48 bits per heavy atom. The number of hydrogen-bond donors (Lipinski definition) is 3. The molecule has 8 heteroatoms. The molecule has 0 spiro atoms. The van der Waals surface area contributed by atoms with Gasteiger partial charge in [0.1, 0.15) is 0 Å². The zero-order valence-electron chi connectivity index (χ0n) is 10.7. The average Bonchev–Trinajstić information content (AvgIpc) is 2.41. The van der Waals surface area contributed by atoms with Crippen LogP contribution >= 0.6 is 11.6 Å². The van der Waals surface area contributed by atoms with Crippen molar-refractivity contribution in [2.24, 2.45) is 5.84 Å². The van der Waals surface area contributed by atoms with Crippen molar-refractivity contribution in [2.75, 3.05) is 5.73 Å². The van der Waals surface area contributed by atoms with E-state index >= 15 is 0 Å². The molecule has 4 nitrogen and oxygen atoms in total. The van der Waals surface area contributed by atoms with Gasteiger partial charge >= 0.3 is 6.18 Å². The minimum atomic E-state index is -4.52. The van der Waals surface area contributed by atoms with Crippen LogP contribution in [0.2, 0.25) is 5.02 Å². The predicted molar refractivity (Wildman–Crippen MR) is 74.3 cm³/mol. The van der Waals surface area contributed by atoms with Gasteiger partial charge in [-0.05, 0) is 23.8 Å². The van der Waals surface area contributed by atoms with Crippen LogP contribution in [0.25, 0.3) is 0 Å². The van der Waals surface area contributed by atoms with Gasteiger partial charge in [-0.2, -0.15) is 13.2 Å². The summed E-state index contributed by atoms with van der Waals surface area (Å²) in [6.07, 6.45) is -2.33. The maximum atomic E-state index is 13.1. The molecule has 1 aromatic carbocycles. The molecule has 0 aliphatic rings. The highest BCUT2D eigenvalue weighted by molar-refractivity contribution is 6.30. The van der Waals surface area contributed by atoms with E-state index in [0.29, 0.717) is 10.6 Å². The molecule has 2 aromatic rings. The number of halogens is 4. The minimum absolute atomic E-state index is 0.110. The van der Waals surface area contributed by atoms with Crippen molar-refractivity contribution in [1.82, 2.24) is 10.4 Å². The Morgan fingerprint density at radius 1 is 1.19 bits per heavy atom. The molecule has 21 heavy (non-hydrogen) atoms. The van der Waals surface area contributed by atoms with Crippen molar-refractivity contribution in [1.29, 1.82) is 0 Å². The predicted octanol–water partition coefficient (Wildman–Crippen LogP) is 2.89. The summed E-state index contributed by atoms with van der Waals surface area (Å²) < 4.78 is 39.2. The standard InChI is InChI=1S/C13H12ClF3N4/c14-7-1-2-8(11(18)5-7)12(21-19)9-6-20-4-3-10(9)13(15,16)17/h1-6,12,21H,18-19H2. The van der Waals surface area contributed by atoms with Crippen molar-refractivity contribution in [3.05, 3.63) is 58.4 Å².